The molecule has 0 bridgehead atoms. The molecule has 4 aromatic heterocycles. The summed E-state index contributed by atoms with van der Waals surface area (Å²) in [6.45, 7) is 16.4. The maximum Gasteiger partial charge on any atom is 0.257 e. The van der Waals surface area contributed by atoms with Crippen molar-refractivity contribution in [2.45, 2.75) is 98.7 Å². The van der Waals surface area contributed by atoms with E-state index in [0.717, 1.165) is 130 Å². The van der Waals surface area contributed by atoms with E-state index in [1.54, 1.807) is 6.07 Å². The van der Waals surface area contributed by atoms with Crippen molar-refractivity contribution in [1.82, 2.24) is 34.8 Å². The van der Waals surface area contributed by atoms with E-state index in [2.05, 4.69) is 110 Å². The number of rotatable bonds is 23. The second-order valence-corrected chi connectivity index (χ2v) is 19.5. The van der Waals surface area contributed by atoms with Crippen molar-refractivity contribution in [3.8, 4) is 27.3 Å². The lowest BCUT2D eigenvalue weighted by Gasteiger charge is -2.27. The van der Waals surface area contributed by atoms with Crippen LogP contribution in [0.1, 0.15) is 79.4 Å². The molecule has 69 heavy (non-hydrogen) atoms. The number of thiophene rings is 1. The fraction of sp³-hybridized carbons (Fsp3) is 0.411. The zero-order valence-electron chi connectivity index (χ0n) is 40.7. The number of aromatic nitrogens is 4. The minimum Gasteiger partial charge on any atom is -0.481 e. The van der Waals surface area contributed by atoms with Gasteiger partial charge in [-0.15, -0.1) is 11.3 Å². The number of nitrogens with zero attached hydrogens (tertiary/aromatic N) is 5. The summed E-state index contributed by atoms with van der Waals surface area (Å²) in [6, 6.07) is 27.5. The smallest absolute Gasteiger partial charge is 0.257 e. The molecule has 0 saturated carbocycles. The third-order valence-electron chi connectivity index (χ3n) is 13.6. The average molecular weight is 952 g/mol. The SMILES string of the molecule is CCn1c2ccc(CNCCCCCCCCNC(=O)COc3ccc(CCc4nc5cc(-c6c(C)noc6C)ccc5n4CCN4CCOCC4)cc3F)cc2c2ccc(-c3cc(C)cs3)cc21. The molecular weight excluding hydrogens is 886 g/mol. The molecule has 2 N–H and O–H groups in total. The summed E-state index contributed by atoms with van der Waals surface area (Å²) in [7, 11) is 0. The minimum absolute atomic E-state index is 0.0769. The van der Waals surface area contributed by atoms with E-state index in [1.165, 1.54) is 62.3 Å². The Morgan fingerprint density at radius 2 is 1.57 bits per heavy atom. The molecule has 1 fully saturated rings. The molecule has 0 atom stereocenters. The Balaban J connectivity index is 0.667. The van der Waals surface area contributed by atoms with Crippen molar-refractivity contribution < 1.29 is 23.2 Å². The highest BCUT2D eigenvalue weighted by Gasteiger charge is 2.19. The van der Waals surface area contributed by atoms with Crippen molar-refractivity contribution in [3.63, 3.8) is 0 Å². The van der Waals surface area contributed by atoms with Gasteiger partial charge in [0.25, 0.3) is 5.91 Å². The van der Waals surface area contributed by atoms with Crippen LogP contribution < -0.4 is 15.4 Å². The van der Waals surface area contributed by atoms with Crippen LogP contribution >= 0.6 is 11.3 Å². The average Bonchev–Trinajstić information content (AvgIpc) is 4.13. The quantitative estimate of drug-likeness (QED) is 0.0610. The number of hydrogen-bond acceptors (Lipinski definition) is 9. The maximum atomic E-state index is 15.3. The molecule has 0 radical (unpaired) electrons. The Morgan fingerprint density at radius 3 is 2.33 bits per heavy atom. The van der Waals surface area contributed by atoms with E-state index < -0.39 is 5.82 Å². The highest BCUT2D eigenvalue weighted by atomic mass is 32.1. The van der Waals surface area contributed by atoms with Crippen LogP contribution in [0, 0.1) is 26.6 Å². The predicted molar refractivity (Wildman–Crippen MR) is 277 cm³/mol. The summed E-state index contributed by atoms with van der Waals surface area (Å²) < 4.78 is 36.7. The molecule has 13 heteroatoms. The molecule has 11 nitrogen and oxygen atoms in total. The van der Waals surface area contributed by atoms with E-state index >= 15 is 4.39 Å². The van der Waals surface area contributed by atoms with Gasteiger partial charge in [0, 0.05) is 84.5 Å². The summed E-state index contributed by atoms with van der Waals surface area (Å²) in [5.41, 5.74) is 12.2. The fourth-order valence-electron chi connectivity index (χ4n) is 9.88. The molecule has 362 valence electrons. The van der Waals surface area contributed by atoms with Gasteiger partial charge in [-0.1, -0.05) is 61.2 Å². The first kappa shape index (κ1) is 48.2. The number of benzene rings is 4. The lowest BCUT2D eigenvalue weighted by atomic mass is 10.0. The van der Waals surface area contributed by atoms with Crippen LogP contribution in [-0.2, 0) is 42.0 Å². The third kappa shape index (κ3) is 11.6. The minimum atomic E-state index is -0.475. The molecule has 1 amide bonds. The molecule has 8 aromatic rings. The molecule has 1 saturated heterocycles. The fourth-order valence-corrected chi connectivity index (χ4v) is 10.8. The number of imidazole rings is 1. The number of morpholine rings is 1. The summed E-state index contributed by atoms with van der Waals surface area (Å²) >= 11 is 1.81. The van der Waals surface area contributed by atoms with Crippen LogP contribution in [0.2, 0.25) is 0 Å². The van der Waals surface area contributed by atoms with Gasteiger partial charge in [-0.05, 0) is 135 Å². The normalized spacial score (nSPS) is 13.3. The Kier molecular flexibility index (Phi) is 15.9. The van der Waals surface area contributed by atoms with Gasteiger partial charge in [0.2, 0.25) is 0 Å². The summed E-state index contributed by atoms with van der Waals surface area (Å²) in [6.07, 6.45) is 7.82. The number of carbonyl (C=O) groups is 1. The van der Waals surface area contributed by atoms with E-state index in [4.69, 9.17) is 19.0 Å². The molecular formula is C56H66FN7O4S. The number of hydrogen-bond donors (Lipinski definition) is 2. The number of ether oxygens (including phenoxy) is 2. The molecule has 5 heterocycles. The lowest BCUT2D eigenvalue weighted by molar-refractivity contribution is -0.123. The lowest BCUT2D eigenvalue weighted by Crippen LogP contribution is -2.38. The highest BCUT2D eigenvalue weighted by Crippen LogP contribution is 2.35. The zero-order chi connectivity index (χ0) is 47.7. The van der Waals surface area contributed by atoms with Crippen molar-refractivity contribution in [1.29, 1.82) is 0 Å². The third-order valence-corrected chi connectivity index (χ3v) is 14.7. The van der Waals surface area contributed by atoms with Gasteiger partial charge < -0.3 is 33.8 Å². The standard InChI is InChI=1S/C56H66FN7O4S/c1-5-63-49-18-12-42(31-46(49)45-17-15-43(34-51(45)63)53-30-38(2)37-69-53)35-58-22-10-8-6-7-9-11-23-59-55(65)36-67-52-20-13-41(32-47(52)57)14-21-54-60-48-33-44(56-39(3)61-68-40(56)4)16-19-50(48)64(54)25-24-62-26-28-66-29-27-62/h12-13,15-20,30-34,37,58H,5-11,14,21-29,35-36H2,1-4H3,(H,59,65). The first-order chi connectivity index (χ1) is 33.7. The van der Waals surface area contributed by atoms with Crippen molar-refractivity contribution in [3.05, 3.63) is 124 Å². The summed E-state index contributed by atoms with van der Waals surface area (Å²) in [5.74, 6) is 1.09. The number of amides is 1. The number of fused-ring (bicyclic) bond motifs is 4. The molecule has 4 aromatic carbocycles. The Labute approximate surface area is 409 Å². The number of unbranched alkanes of at least 4 members (excludes halogenated alkanes) is 5. The van der Waals surface area contributed by atoms with Gasteiger partial charge in [-0.25, -0.2) is 9.37 Å². The zero-order valence-corrected chi connectivity index (χ0v) is 41.5. The van der Waals surface area contributed by atoms with Crippen molar-refractivity contribution in [2.75, 3.05) is 52.5 Å². The Hall–Kier alpha value is -5.86. The van der Waals surface area contributed by atoms with Crippen LogP contribution in [-0.4, -0.2) is 82.6 Å². The van der Waals surface area contributed by atoms with Gasteiger partial charge in [-0.2, -0.15) is 0 Å². The van der Waals surface area contributed by atoms with Gasteiger partial charge in [0.1, 0.15) is 11.6 Å². The van der Waals surface area contributed by atoms with Crippen LogP contribution in [0.25, 0.3) is 54.4 Å². The highest BCUT2D eigenvalue weighted by molar-refractivity contribution is 7.13. The number of nitrogens with one attached hydrogen (secondary N) is 2. The molecule has 0 aliphatic carbocycles. The van der Waals surface area contributed by atoms with Crippen LogP contribution in [0.4, 0.5) is 4.39 Å². The molecule has 1 aliphatic heterocycles. The summed E-state index contributed by atoms with van der Waals surface area (Å²) in [4.78, 5) is 21.4. The molecule has 1 aliphatic rings. The van der Waals surface area contributed by atoms with Crippen molar-refractivity contribution in [2.24, 2.45) is 0 Å². The molecule has 9 rings (SSSR count). The van der Waals surface area contributed by atoms with Crippen LogP contribution in [0.15, 0.2) is 88.8 Å². The topological polar surface area (TPSA) is 112 Å². The largest absolute Gasteiger partial charge is 0.481 e. The Bertz CT molecular complexity index is 3000. The van der Waals surface area contributed by atoms with Gasteiger partial charge in [0.15, 0.2) is 18.2 Å². The second kappa shape index (κ2) is 22.7. The van der Waals surface area contributed by atoms with Gasteiger partial charge >= 0.3 is 0 Å². The van der Waals surface area contributed by atoms with Crippen LogP contribution in [0.3, 0.4) is 0 Å². The van der Waals surface area contributed by atoms with Gasteiger partial charge in [-0.3, -0.25) is 9.69 Å². The van der Waals surface area contributed by atoms with E-state index in [1.807, 2.05) is 31.3 Å². The first-order valence-corrected chi connectivity index (χ1v) is 25.8. The predicted octanol–water partition coefficient (Wildman–Crippen LogP) is 11.4. The molecule has 0 unspecified atom stereocenters. The number of aryl methyl sites for hydroxylation is 6. The van der Waals surface area contributed by atoms with Gasteiger partial charge in [0.05, 0.1) is 29.9 Å². The maximum absolute atomic E-state index is 15.3. The Morgan fingerprint density at radius 1 is 0.783 bits per heavy atom. The van der Waals surface area contributed by atoms with E-state index in [-0.39, 0.29) is 18.3 Å². The van der Waals surface area contributed by atoms with Crippen LogP contribution in [0.5, 0.6) is 5.75 Å². The van der Waals surface area contributed by atoms with Crippen molar-refractivity contribution >= 4 is 50.1 Å². The van der Waals surface area contributed by atoms with E-state index in [9.17, 15) is 4.79 Å². The summed E-state index contributed by atoms with van der Waals surface area (Å²) in [5, 5.41) is 15.6. The van der Waals surface area contributed by atoms with E-state index in [0.29, 0.717) is 19.4 Å². The number of carbonyl (C=O) groups excluding carboxylic acids is 1. The second-order valence-electron chi connectivity index (χ2n) is 18.6. The molecule has 0 spiro atoms. The number of halogens is 1. The first-order valence-electron chi connectivity index (χ1n) is 24.9. The monoisotopic (exact) mass is 951 g/mol.